The topological polar surface area (TPSA) is 97.6 Å². The maximum absolute atomic E-state index is 12.4. The van der Waals surface area contributed by atoms with Crippen molar-refractivity contribution in [2.75, 3.05) is 31.8 Å². The molecule has 1 saturated carbocycles. The van der Waals surface area contributed by atoms with Crippen LogP contribution >= 0.6 is 11.5 Å². The summed E-state index contributed by atoms with van der Waals surface area (Å²) < 4.78 is 35.7. The van der Waals surface area contributed by atoms with Crippen molar-refractivity contribution in [3.05, 3.63) is 0 Å². The van der Waals surface area contributed by atoms with Crippen LogP contribution in [-0.4, -0.2) is 49.9 Å². The van der Waals surface area contributed by atoms with Gasteiger partial charge in [0.1, 0.15) is 5.00 Å². The third-order valence-electron chi connectivity index (χ3n) is 3.95. The van der Waals surface area contributed by atoms with Crippen molar-refractivity contribution in [3.8, 4) is 0 Å². The number of nitrogens with two attached hydrogens (primary N) is 1. The number of sulfonamides is 1. The van der Waals surface area contributed by atoms with Gasteiger partial charge in [0.2, 0.25) is 10.0 Å². The van der Waals surface area contributed by atoms with Crippen LogP contribution in [0.15, 0.2) is 4.90 Å². The quantitative estimate of drug-likeness (QED) is 0.833. The van der Waals surface area contributed by atoms with Crippen LogP contribution < -0.4 is 11.1 Å². The van der Waals surface area contributed by atoms with E-state index in [-0.39, 0.29) is 22.9 Å². The van der Waals surface area contributed by atoms with Gasteiger partial charge >= 0.3 is 0 Å². The third kappa shape index (κ3) is 2.75. The van der Waals surface area contributed by atoms with E-state index in [1.165, 1.54) is 26.9 Å². The minimum absolute atomic E-state index is 0.0538. The first-order valence-corrected chi connectivity index (χ1v) is 9.18. The highest BCUT2D eigenvalue weighted by Gasteiger charge is 2.41. The fourth-order valence-electron chi connectivity index (χ4n) is 2.64. The van der Waals surface area contributed by atoms with Gasteiger partial charge in [0.15, 0.2) is 10.7 Å². The fraction of sp³-hybridized carbons (Fsp3) is 0.750. The lowest BCUT2D eigenvalue weighted by Crippen LogP contribution is -2.32. The first kappa shape index (κ1) is 15.0. The highest BCUT2D eigenvalue weighted by atomic mass is 32.2. The van der Waals surface area contributed by atoms with Gasteiger partial charge < -0.3 is 15.8 Å². The van der Waals surface area contributed by atoms with Crippen LogP contribution in [0.3, 0.4) is 0 Å². The van der Waals surface area contributed by atoms with Crippen LogP contribution in [-0.2, 0) is 14.8 Å². The number of nitrogen functional groups attached to an aromatic ring is 1. The second-order valence-corrected chi connectivity index (χ2v) is 8.59. The zero-order chi connectivity index (χ0) is 15.2. The van der Waals surface area contributed by atoms with Crippen molar-refractivity contribution >= 4 is 32.4 Å². The Labute approximate surface area is 128 Å². The second kappa shape index (κ2) is 5.38. The number of ether oxygens (including phenoxy) is 1. The first-order chi connectivity index (χ1) is 9.91. The molecule has 1 aromatic rings. The average molecular weight is 332 g/mol. The van der Waals surface area contributed by atoms with Gasteiger partial charge in [-0.2, -0.15) is 4.37 Å². The molecule has 118 valence electrons. The lowest BCUT2D eigenvalue weighted by Gasteiger charge is -2.20. The highest BCUT2D eigenvalue weighted by Crippen LogP contribution is 2.41. The van der Waals surface area contributed by atoms with Crippen molar-refractivity contribution in [1.29, 1.82) is 0 Å². The van der Waals surface area contributed by atoms with E-state index in [1.54, 1.807) is 0 Å². The molecule has 2 aliphatic rings. The lowest BCUT2D eigenvalue weighted by atomic mass is 10.1. The summed E-state index contributed by atoms with van der Waals surface area (Å²) in [5.41, 5.74) is 5.77. The average Bonchev–Trinajstić information content (AvgIpc) is 3.04. The van der Waals surface area contributed by atoms with Gasteiger partial charge in [-0.25, -0.2) is 12.7 Å². The molecular formula is C12H20N4O3S2. The van der Waals surface area contributed by atoms with Crippen LogP contribution in [0, 0.1) is 5.92 Å². The van der Waals surface area contributed by atoms with Crippen molar-refractivity contribution < 1.29 is 13.2 Å². The second-order valence-electron chi connectivity index (χ2n) is 5.73. The molecule has 2 unspecified atom stereocenters. The van der Waals surface area contributed by atoms with E-state index in [0.717, 1.165) is 22.3 Å². The van der Waals surface area contributed by atoms with Crippen LogP contribution in [0.5, 0.6) is 0 Å². The largest absolute Gasteiger partial charge is 0.382 e. The summed E-state index contributed by atoms with van der Waals surface area (Å²) >= 11 is 1.09. The number of nitrogens with zero attached hydrogens (tertiary/aromatic N) is 2. The van der Waals surface area contributed by atoms with Gasteiger partial charge in [-0.1, -0.05) is 0 Å². The van der Waals surface area contributed by atoms with E-state index in [0.29, 0.717) is 17.5 Å². The molecule has 2 atom stereocenters. The van der Waals surface area contributed by atoms with E-state index in [1.807, 2.05) is 0 Å². The van der Waals surface area contributed by atoms with Crippen LogP contribution in [0.25, 0.3) is 0 Å². The summed E-state index contributed by atoms with van der Waals surface area (Å²) in [6.45, 7) is 0.711. The summed E-state index contributed by atoms with van der Waals surface area (Å²) in [4.78, 5) is 0.0824. The van der Waals surface area contributed by atoms with Gasteiger partial charge in [0.05, 0.1) is 12.1 Å². The zero-order valence-electron chi connectivity index (χ0n) is 12.1. The molecule has 7 nitrogen and oxygen atoms in total. The molecule has 0 spiro atoms. The third-order valence-corrected chi connectivity index (χ3v) is 6.76. The Morgan fingerprint density at radius 3 is 2.71 bits per heavy atom. The first-order valence-electron chi connectivity index (χ1n) is 6.97. The fourth-order valence-corrected chi connectivity index (χ4v) is 4.77. The summed E-state index contributed by atoms with van der Waals surface area (Å²) in [6.07, 6.45) is 3.43. The van der Waals surface area contributed by atoms with Gasteiger partial charge in [0.25, 0.3) is 0 Å². The van der Waals surface area contributed by atoms with Crippen molar-refractivity contribution in [3.63, 3.8) is 0 Å². The van der Waals surface area contributed by atoms with E-state index >= 15 is 0 Å². The van der Waals surface area contributed by atoms with E-state index in [2.05, 4.69) is 9.69 Å². The lowest BCUT2D eigenvalue weighted by molar-refractivity contribution is 0.0898. The molecule has 3 rings (SSSR count). The Balaban J connectivity index is 1.86. The van der Waals surface area contributed by atoms with E-state index in [9.17, 15) is 8.42 Å². The monoisotopic (exact) mass is 332 g/mol. The molecule has 0 amide bonds. The Hall–Kier alpha value is -0.900. The minimum Gasteiger partial charge on any atom is -0.382 e. The van der Waals surface area contributed by atoms with Crippen LogP contribution in [0.4, 0.5) is 10.8 Å². The summed E-state index contributed by atoms with van der Waals surface area (Å²) in [7, 11) is -0.630. The van der Waals surface area contributed by atoms with Crippen LogP contribution in [0.1, 0.15) is 19.3 Å². The molecule has 1 aliphatic carbocycles. The van der Waals surface area contributed by atoms with E-state index < -0.39 is 10.0 Å². The maximum Gasteiger partial charge on any atom is 0.249 e. The van der Waals surface area contributed by atoms with E-state index in [4.69, 9.17) is 10.5 Å². The van der Waals surface area contributed by atoms with Crippen molar-refractivity contribution in [2.24, 2.45) is 5.92 Å². The van der Waals surface area contributed by atoms with Crippen molar-refractivity contribution in [1.82, 2.24) is 8.68 Å². The standard InChI is InChI=1S/C12H20N4O3S2/c1-16(2)21(17,18)10-11(13)15-20-12(10)14-8-5-6-19-9(8)7-3-4-7/h7-9,14H,3-6H2,1-2H3,(H2,13,15). The molecule has 2 heterocycles. The maximum atomic E-state index is 12.4. The number of nitrogens with one attached hydrogen (secondary N) is 1. The molecule has 21 heavy (non-hydrogen) atoms. The highest BCUT2D eigenvalue weighted by molar-refractivity contribution is 7.89. The molecule has 0 bridgehead atoms. The Bertz CT molecular complexity index is 624. The molecule has 2 fully saturated rings. The Morgan fingerprint density at radius 2 is 2.10 bits per heavy atom. The predicted molar refractivity (Wildman–Crippen MR) is 81.9 cm³/mol. The summed E-state index contributed by atoms with van der Waals surface area (Å²) in [6, 6.07) is 0.133. The predicted octanol–water partition coefficient (Wildman–Crippen LogP) is 0.955. The van der Waals surface area contributed by atoms with Gasteiger partial charge in [-0.05, 0) is 36.7 Å². The Kier molecular flexibility index (Phi) is 3.85. The van der Waals surface area contributed by atoms with Crippen molar-refractivity contribution in [2.45, 2.75) is 36.3 Å². The van der Waals surface area contributed by atoms with Gasteiger partial charge in [-0.3, -0.25) is 0 Å². The summed E-state index contributed by atoms with van der Waals surface area (Å²) in [5.74, 6) is 0.655. The molecule has 1 saturated heterocycles. The van der Waals surface area contributed by atoms with Crippen LogP contribution in [0.2, 0.25) is 0 Å². The molecule has 9 heteroatoms. The minimum atomic E-state index is -3.61. The smallest absolute Gasteiger partial charge is 0.249 e. The zero-order valence-corrected chi connectivity index (χ0v) is 13.7. The molecule has 1 aromatic heterocycles. The molecule has 0 aromatic carbocycles. The Morgan fingerprint density at radius 1 is 1.38 bits per heavy atom. The molecular weight excluding hydrogens is 312 g/mol. The number of hydrogen-bond donors (Lipinski definition) is 2. The summed E-state index contributed by atoms with van der Waals surface area (Å²) in [5, 5.41) is 3.82. The number of anilines is 2. The normalized spacial score (nSPS) is 26.4. The molecule has 1 aliphatic heterocycles. The number of rotatable bonds is 5. The van der Waals surface area contributed by atoms with Gasteiger partial charge in [0, 0.05) is 20.7 Å². The molecule has 0 radical (unpaired) electrons. The molecule has 3 N–H and O–H groups in total. The van der Waals surface area contributed by atoms with Gasteiger partial charge in [-0.15, -0.1) is 0 Å². The number of hydrogen-bond acceptors (Lipinski definition) is 7. The SMILES string of the molecule is CN(C)S(=O)(=O)c1c(N)nsc1NC1CCOC1C1CC1. The number of aromatic nitrogens is 1.